The van der Waals surface area contributed by atoms with Crippen LogP contribution in [0.25, 0.3) is 11.2 Å². The smallest absolute Gasteiger partial charge is 0.323 e. The van der Waals surface area contributed by atoms with Gasteiger partial charge in [0.1, 0.15) is 11.8 Å². The molecule has 5 atom stereocenters. The maximum atomic E-state index is 12.3. The number of nitrogens with two attached hydrogens (primary N) is 1. The second-order valence-electron chi connectivity index (χ2n) is 9.08. The number of ether oxygens (including phenoxy) is 2. The van der Waals surface area contributed by atoms with E-state index in [1.165, 1.54) is 0 Å². The van der Waals surface area contributed by atoms with E-state index >= 15 is 0 Å². The normalized spacial score (nSPS) is 21.2. The van der Waals surface area contributed by atoms with E-state index in [1.807, 2.05) is 37.2 Å². The first-order chi connectivity index (χ1) is 18.6. The molecule has 2 aromatic heterocycles. The van der Waals surface area contributed by atoms with Gasteiger partial charge in [0.05, 0.1) is 31.6 Å². The number of carbonyl (C=O) groups is 1. The Hall–Kier alpha value is -3.27. The highest BCUT2D eigenvalue weighted by atomic mass is 32.5. The molecular weight excluding hydrogens is 541 g/mol. The standard InChI is InChI=1S/C25H32N7O5PS/c1-6-17-13-19(36-23(17)32-15-27-20-21(31(4)5)28-25(26)29-22(20)32)14-35-38(39,30-16(3)24(33)34-7-2)37-18-11-9-8-10-12-18/h1,8-12,15-17,19,23H,7,13-14H2,2-5H3,(H,30,39)(H2,26,28,29)/t16-,17-,19-,23+,38-/m0/s1. The summed E-state index contributed by atoms with van der Waals surface area (Å²) >= 11 is 5.78. The molecule has 4 rings (SSSR count). The number of imidazole rings is 1. The molecule has 0 spiro atoms. The summed E-state index contributed by atoms with van der Waals surface area (Å²) in [4.78, 5) is 27.3. The van der Waals surface area contributed by atoms with Gasteiger partial charge < -0.3 is 29.2 Å². The Kier molecular flexibility index (Phi) is 9.04. The van der Waals surface area contributed by atoms with E-state index in [2.05, 4.69) is 26.0 Å². The molecule has 1 aliphatic rings. The first-order valence-corrected chi connectivity index (χ1v) is 15.0. The SMILES string of the molecule is C#C[C@H]1C[C@@H](CO[P@@](=S)(N[C@@H](C)C(=O)OCC)Oc2ccccc2)O[C@H]1n1cnc2c(N(C)C)nc(N)nc21. The number of fused-ring (bicyclic) bond motifs is 1. The molecule has 1 aliphatic heterocycles. The van der Waals surface area contributed by atoms with Crippen LogP contribution in [0.15, 0.2) is 36.7 Å². The molecule has 3 N–H and O–H groups in total. The van der Waals surface area contributed by atoms with Crippen molar-refractivity contribution in [3.8, 4) is 18.1 Å². The summed E-state index contributed by atoms with van der Waals surface area (Å²) in [6.45, 7) is 0.493. The van der Waals surface area contributed by atoms with E-state index in [0.29, 0.717) is 29.2 Å². The number of nitrogen functional groups attached to an aromatic ring is 1. The Morgan fingerprint density at radius 1 is 1.38 bits per heavy atom. The molecule has 0 bridgehead atoms. The molecule has 14 heteroatoms. The molecule has 39 heavy (non-hydrogen) atoms. The van der Waals surface area contributed by atoms with E-state index in [0.717, 1.165) is 0 Å². The van der Waals surface area contributed by atoms with Crippen LogP contribution in [0.3, 0.4) is 0 Å². The zero-order valence-corrected chi connectivity index (χ0v) is 23.9. The third kappa shape index (κ3) is 6.66. The molecule has 0 radical (unpaired) electrons. The lowest BCUT2D eigenvalue weighted by atomic mass is 10.0. The van der Waals surface area contributed by atoms with Gasteiger partial charge in [-0.05, 0) is 44.2 Å². The van der Waals surface area contributed by atoms with Crippen molar-refractivity contribution in [2.24, 2.45) is 5.92 Å². The van der Waals surface area contributed by atoms with Crippen LogP contribution in [-0.2, 0) is 30.6 Å². The molecule has 3 aromatic rings. The highest BCUT2D eigenvalue weighted by molar-refractivity contribution is 8.09. The minimum atomic E-state index is -3.21. The van der Waals surface area contributed by atoms with E-state index < -0.39 is 31.0 Å². The third-order valence-electron chi connectivity index (χ3n) is 5.92. The number of nitrogens with one attached hydrogen (secondary N) is 1. The van der Waals surface area contributed by atoms with Crippen molar-refractivity contribution in [1.29, 1.82) is 0 Å². The van der Waals surface area contributed by atoms with Crippen LogP contribution in [0, 0.1) is 18.3 Å². The number of hydrogen-bond acceptors (Lipinski definition) is 11. The summed E-state index contributed by atoms with van der Waals surface area (Å²) in [6.07, 6.45) is 7.03. The molecule has 12 nitrogen and oxygen atoms in total. The first-order valence-electron chi connectivity index (χ1n) is 12.4. The molecule has 1 fully saturated rings. The van der Waals surface area contributed by atoms with Crippen LogP contribution in [0.2, 0.25) is 0 Å². The van der Waals surface area contributed by atoms with Crippen molar-refractivity contribution in [2.75, 3.05) is 37.9 Å². The van der Waals surface area contributed by atoms with Gasteiger partial charge >= 0.3 is 12.6 Å². The van der Waals surface area contributed by atoms with Crippen LogP contribution in [0.4, 0.5) is 11.8 Å². The molecule has 0 saturated carbocycles. The van der Waals surface area contributed by atoms with Crippen LogP contribution < -0.4 is 20.2 Å². The van der Waals surface area contributed by atoms with Gasteiger partial charge in [-0.25, -0.2) is 10.1 Å². The predicted molar refractivity (Wildman–Crippen MR) is 151 cm³/mol. The van der Waals surface area contributed by atoms with Gasteiger partial charge in [0, 0.05) is 14.1 Å². The summed E-state index contributed by atoms with van der Waals surface area (Å²) in [7, 11) is 3.70. The number of para-hydroxylation sites is 1. The Morgan fingerprint density at radius 3 is 2.79 bits per heavy atom. The molecule has 0 amide bonds. The summed E-state index contributed by atoms with van der Waals surface area (Å²) in [6, 6.07) is 8.27. The van der Waals surface area contributed by atoms with E-state index in [4.69, 9.17) is 42.5 Å². The quantitative estimate of drug-likeness (QED) is 0.198. The Labute approximate surface area is 232 Å². The minimum Gasteiger partial charge on any atom is -0.465 e. The fraction of sp³-hybridized carbons (Fsp3) is 0.440. The van der Waals surface area contributed by atoms with E-state index in [1.54, 1.807) is 36.9 Å². The number of terminal acetylenes is 1. The van der Waals surface area contributed by atoms with Crippen molar-refractivity contribution in [3.05, 3.63) is 36.7 Å². The molecular formula is C25H32N7O5PS. The number of carbonyl (C=O) groups excluding carboxylic acids is 1. The molecule has 0 unspecified atom stereocenters. The topological polar surface area (TPSA) is 139 Å². The average molecular weight is 574 g/mol. The number of hydrogen-bond donors (Lipinski definition) is 2. The van der Waals surface area contributed by atoms with Gasteiger partial charge in [0.25, 0.3) is 0 Å². The fourth-order valence-electron chi connectivity index (χ4n) is 4.13. The summed E-state index contributed by atoms with van der Waals surface area (Å²) in [5.74, 6) is 3.27. The number of anilines is 2. The van der Waals surface area contributed by atoms with Crippen molar-refractivity contribution < 1.29 is 23.3 Å². The maximum Gasteiger partial charge on any atom is 0.323 e. The largest absolute Gasteiger partial charge is 0.465 e. The summed E-state index contributed by atoms with van der Waals surface area (Å²) in [5.41, 5.74) is 7.06. The first kappa shape index (κ1) is 28.7. The van der Waals surface area contributed by atoms with Crippen LogP contribution in [0.1, 0.15) is 26.5 Å². The highest BCUT2D eigenvalue weighted by Crippen LogP contribution is 2.47. The number of nitrogens with zero attached hydrogens (tertiary/aromatic N) is 5. The van der Waals surface area contributed by atoms with Gasteiger partial charge in [-0.3, -0.25) is 9.36 Å². The predicted octanol–water partition coefficient (Wildman–Crippen LogP) is 2.87. The number of esters is 1. The van der Waals surface area contributed by atoms with Crippen LogP contribution in [-0.4, -0.2) is 64.9 Å². The van der Waals surface area contributed by atoms with Gasteiger partial charge in [0.15, 0.2) is 23.2 Å². The second kappa shape index (κ2) is 12.3. The van der Waals surface area contributed by atoms with Crippen LogP contribution >= 0.6 is 6.64 Å². The molecule has 208 valence electrons. The monoisotopic (exact) mass is 573 g/mol. The van der Waals surface area contributed by atoms with Crippen LogP contribution in [0.5, 0.6) is 5.75 Å². The van der Waals surface area contributed by atoms with Crippen molar-refractivity contribution >= 4 is 47.3 Å². The van der Waals surface area contributed by atoms with Crippen molar-refractivity contribution in [2.45, 2.75) is 38.6 Å². The number of aromatic nitrogens is 4. The third-order valence-corrected chi connectivity index (χ3v) is 8.42. The lowest BCUT2D eigenvalue weighted by Gasteiger charge is -2.27. The van der Waals surface area contributed by atoms with Crippen molar-refractivity contribution in [3.63, 3.8) is 0 Å². The number of benzene rings is 1. The van der Waals surface area contributed by atoms with Gasteiger partial charge in [-0.15, -0.1) is 6.42 Å². The Bertz CT molecular complexity index is 1400. The van der Waals surface area contributed by atoms with Gasteiger partial charge in [-0.2, -0.15) is 9.97 Å². The lowest BCUT2D eigenvalue weighted by Crippen LogP contribution is -2.35. The fourth-order valence-corrected chi connectivity index (χ4v) is 6.57. The lowest BCUT2D eigenvalue weighted by molar-refractivity contribution is -0.144. The minimum absolute atomic E-state index is 0.0774. The average Bonchev–Trinajstić information content (AvgIpc) is 3.51. The Balaban J connectivity index is 1.53. The van der Waals surface area contributed by atoms with E-state index in [9.17, 15) is 4.79 Å². The van der Waals surface area contributed by atoms with Gasteiger partial charge in [-0.1, -0.05) is 24.1 Å². The molecule has 3 heterocycles. The zero-order valence-electron chi connectivity index (χ0n) is 22.2. The zero-order chi connectivity index (χ0) is 28.2. The van der Waals surface area contributed by atoms with Gasteiger partial charge in [0.2, 0.25) is 5.95 Å². The highest BCUT2D eigenvalue weighted by Gasteiger charge is 2.38. The molecule has 1 aromatic carbocycles. The maximum absolute atomic E-state index is 12.3. The summed E-state index contributed by atoms with van der Waals surface area (Å²) in [5, 5.41) is 3.02. The molecule has 0 aliphatic carbocycles. The van der Waals surface area contributed by atoms with E-state index in [-0.39, 0.29) is 25.1 Å². The number of rotatable bonds is 11. The Morgan fingerprint density at radius 2 is 2.13 bits per heavy atom. The molecule has 1 saturated heterocycles. The van der Waals surface area contributed by atoms with Crippen molar-refractivity contribution in [1.82, 2.24) is 24.6 Å². The second-order valence-corrected chi connectivity index (χ2v) is 12.2. The summed E-state index contributed by atoms with van der Waals surface area (Å²) < 4.78 is 25.4.